The lowest BCUT2D eigenvalue weighted by Crippen LogP contribution is -2.63. The Morgan fingerprint density at radius 3 is 1.92 bits per heavy atom. The molecule has 4 amide bonds. The van der Waals surface area contributed by atoms with Gasteiger partial charge in [0.25, 0.3) is 11.8 Å². The minimum absolute atomic E-state index is 0.00184. The van der Waals surface area contributed by atoms with Gasteiger partial charge in [-0.05, 0) is 61.7 Å². The molecule has 1 saturated heterocycles. The average molecular weight is 710 g/mol. The summed E-state index contributed by atoms with van der Waals surface area (Å²) in [5.41, 5.74) is 3.36. The van der Waals surface area contributed by atoms with Gasteiger partial charge in [-0.3, -0.25) is 29.4 Å². The van der Waals surface area contributed by atoms with Crippen molar-refractivity contribution < 1.29 is 44.4 Å². The van der Waals surface area contributed by atoms with E-state index in [1.54, 1.807) is 39.2 Å². The first-order chi connectivity index (χ1) is 24.6. The highest BCUT2D eigenvalue weighted by Crippen LogP contribution is 2.53. The number of carbonyl (C=O) groups is 5. The van der Waals surface area contributed by atoms with Crippen molar-refractivity contribution in [2.24, 2.45) is 17.6 Å². The van der Waals surface area contributed by atoms with Gasteiger partial charge in [-0.2, -0.15) is 0 Å². The molecule has 1 heterocycles. The number of amides is 4. The number of carbonyl (C=O) groups excluding carboxylic acids is 5. The SMILES string of the molecule is CN(C)c1ccc(O)c2c1C[C@H]1C[C@H]3[C@H](N(C)C)C(O)=C(C(N)=O)C(=O)[C@@]3(O)C(O)=C1C2=O.O=C1NC(=O)C(c2ccccc2)(c2ccccc2)N1. The molecule has 1 fully saturated rings. The molecular formula is C38H39N5O9. The Balaban J connectivity index is 0.000000206. The Bertz CT molecular complexity index is 2040. The molecule has 8 N–H and O–H groups in total. The Morgan fingerprint density at radius 2 is 1.44 bits per heavy atom. The summed E-state index contributed by atoms with van der Waals surface area (Å²) in [5.74, 6) is -6.89. The molecule has 3 aliphatic carbocycles. The van der Waals surface area contributed by atoms with E-state index in [2.05, 4.69) is 10.6 Å². The van der Waals surface area contributed by atoms with Gasteiger partial charge in [0.1, 0.15) is 22.8 Å². The number of imide groups is 1. The zero-order valence-corrected chi connectivity index (χ0v) is 28.9. The Kier molecular flexibility index (Phi) is 8.93. The van der Waals surface area contributed by atoms with Gasteiger partial charge < -0.3 is 36.4 Å². The van der Waals surface area contributed by atoms with E-state index in [1.165, 1.54) is 11.0 Å². The van der Waals surface area contributed by atoms with Crippen LogP contribution < -0.4 is 21.3 Å². The molecule has 14 nitrogen and oxygen atoms in total. The summed E-state index contributed by atoms with van der Waals surface area (Å²) in [5, 5.41) is 49.0. The molecule has 4 aliphatic rings. The van der Waals surface area contributed by atoms with E-state index in [4.69, 9.17) is 5.73 Å². The van der Waals surface area contributed by atoms with Crippen LogP contribution in [0.3, 0.4) is 0 Å². The number of hydrogen-bond acceptors (Lipinski definition) is 11. The van der Waals surface area contributed by atoms with Crippen LogP contribution in [-0.2, 0) is 26.3 Å². The van der Waals surface area contributed by atoms with Crippen molar-refractivity contribution in [3.8, 4) is 5.75 Å². The zero-order chi connectivity index (χ0) is 37.9. The number of fused-ring (bicyclic) bond motifs is 3. The second-order valence-corrected chi connectivity index (χ2v) is 13.7. The van der Waals surface area contributed by atoms with E-state index in [9.17, 15) is 44.4 Å². The minimum atomic E-state index is -2.63. The number of aliphatic hydroxyl groups is 3. The quantitative estimate of drug-likeness (QED) is 0.150. The minimum Gasteiger partial charge on any atom is -0.510 e. The summed E-state index contributed by atoms with van der Waals surface area (Å²) in [6.07, 6.45) is 0.324. The van der Waals surface area contributed by atoms with Crippen LogP contribution in [0.1, 0.15) is 33.5 Å². The Labute approximate surface area is 298 Å². The van der Waals surface area contributed by atoms with E-state index >= 15 is 0 Å². The zero-order valence-electron chi connectivity index (χ0n) is 28.9. The third-order valence-electron chi connectivity index (χ3n) is 10.3. The third-order valence-corrected chi connectivity index (χ3v) is 10.3. The number of nitrogens with zero attached hydrogens (tertiary/aromatic N) is 2. The van der Waals surface area contributed by atoms with Crippen LogP contribution in [0.4, 0.5) is 10.5 Å². The number of benzene rings is 3. The number of urea groups is 1. The van der Waals surface area contributed by atoms with Crippen LogP contribution in [0.15, 0.2) is 95.5 Å². The van der Waals surface area contributed by atoms with E-state index in [1.807, 2.05) is 60.7 Å². The molecule has 3 aromatic carbocycles. The number of nitrogens with one attached hydrogen (secondary N) is 2. The highest BCUT2D eigenvalue weighted by Gasteiger charge is 2.63. The molecular weight excluding hydrogens is 670 g/mol. The van der Waals surface area contributed by atoms with Gasteiger partial charge in [0.2, 0.25) is 5.78 Å². The van der Waals surface area contributed by atoms with Gasteiger partial charge >= 0.3 is 6.03 Å². The van der Waals surface area contributed by atoms with Gasteiger partial charge in [-0.15, -0.1) is 0 Å². The molecule has 0 saturated carbocycles. The predicted octanol–water partition coefficient (Wildman–Crippen LogP) is 1.96. The lowest BCUT2D eigenvalue weighted by Gasteiger charge is -2.50. The fourth-order valence-corrected chi connectivity index (χ4v) is 8.06. The topological polar surface area (TPSA) is 223 Å². The van der Waals surface area contributed by atoms with Crippen LogP contribution in [0, 0.1) is 11.8 Å². The summed E-state index contributed by atoms with van der Waals surface area (Å²) < 4.78 is 0. The van der Waals surface area contributed by atoms with Gasteiger partial charge in [-0.25, -0.2) is 4.79 Å². The molecule has 0 aromatic heterocycles. The smallest absolute Gasteiger partial charge is 0.322 e. The predicted molar refractivity (Wildman–Crippen MR) is 188 cm³/mol. The van der Waals surface area contributed by atoms with Crippen LogP contribution in [-0.4, -0.2) is 94.6 Å². The van der Waals surface area contributed by atoms with Crippen molar-refractivity contribution in [1.29, 1.82) is 0 Å². The third kappa shape index (κ3) is 5.29. The highest BCUT2D eigenvalue weighted by molar-refractivity contribution is 6.25. The fourth-order valence-electron chi connectivity index (χ4n) is 8.06. The molecule has 3 aromatic rings. The molecule has 14 heteroatoms. The summed E-state index contributed by atoms with van der Waals surface area (Å²) in [7, 11) is 6.79. The van der Waals surface area contributed by atoms with Gasteiger partial charge in [0.15, 0.2) is 16.9 Å². The van der Waals surface area contributed by atoms with Crippen molar-refractivity contribution in [3.05, 3.63) is 118 Å². The lowest BCUT2D eigenvalue weighted by atomic mass is 9.58. The monoisotopic (exact) mass is 709 g/mol. The summed E-state index contributed by atoms with van der Waals surface area (Å²) in [4.78, 5) is 65.9. The summed E-state index contributed by atoms with van der Waals surface area (Å²) in [6.45, 7) is 0. The number of anilines is 1. The second-order valence-electron chi connectivity index (χ2n) is 13.7. The van der Waals surface area contributed by atoms with E-state index in [-0.39, 0.29) is 35.6 Å². The number of phenols is 1. The number of nitrogens with two attached hydrogens (primary N) is 1. The lowest BCUT2D eigenvalue weighted by molar-refractivity contribution is -0.148. The standard InChI is InChI=1S/C23H27N3O7.C15H12N2O2/c1-25(2)12-5-6-13(27)15-10(12)7-9-8-11-17(26(3)4)19(29)16(22(24)32)21(31)23(11,33)20(30)14(9)18(15)28;18-13-15(17-14(19)16-13,11-7-3-1-4-8-11)12-9-5-2-6-10-12/h5-6,9,11,17,27,29-30,33H,7-8H2,1-4H3,(H2,24,32);1-10H,(H2,16,17,18,19)/t9-,11-,17-,23-;/m0./s1. The van der Waals surface area contributed by atoms with Gasteiger partial charge in [0.05, 0.1) is 11.6 Å². The number of aromatic hydroxyl groups is 1. The Hall–Kier alpha value is -5.99. The maximum absolute atomic E-state index is 13.5. The summed E-state index contributed by atoms with van der Waals surface area (Å²) >= 11 is 0. The number of primary amides is 1. The largest absolute Gasteiger partial charge is 0.510 e. The fraction of sp³-hybridized carbons (Fsp3) is 0.289. The van der Waals surface area contributed by atoms with Crippen LogP contribution in [0.25, 0.3) is 0 Å². The van der Waals surface area contributed by atoms with Gasteiger partial charge in [0, 0.05) is 31.3 Å². The maximum Gasteiger partial charge on any atom is 0.322 e. The van der Waals surface area contributed by atoms with Crippen LogP contribution in [0.2, 0.25) is 0 Å². The molecule has 0 unspecified atom stereocenters. The number of aliphatic hydroxyl groups excluding tert-OH is 2. The molecule has 270 valence electrons. The van der Waals surface area contributed by atoms with Crippen LogP contribution in [0.5, 0.6) is 5.75 Å². The number of rotatable bonds is 5. The highest BCUT2D eigenvalue weighted by atomic mass is 16.3. The molecule has 1 aliphatic heterocycles. The maximum atomic E-state index is 13.5. The first kappa shape index (κ1) is 35.8. The number of likely N-dealkylation sites (N-methyl/N-ethyl adjacent to an activating group) is 1. The first-order valence-corrected chi connectivity index (χ1v) is 16.5. The van der Waals surface area contributed by atoms with Crippen molar-refractivity contribution in [1.82, 2.24) is 15.5 Å². The van der Waals surface area contributed by atoms with Gasteiger partial charge in [-0.1, -0.05) is 60.7 Å². The molecule has 4 atom stereocenters. The number of Topliss-reactive ketones (excluding diaryl/α,β-unsaturated/α-hetero) is 2. The van der Waals surface area contributed by atoms with E-state index in [0.29, 0.717) is 5.56 Å². The van der Waals surface area contributed by atoms with Crippen molar-refractivity contribution in [3.63, 3.8) is 0 Å². The first-order valence-electron chi connectivity index (χ1n) is 16.5. The number of hydrogen-bond donors (Lipinski definition) is 7. The molecule has 0 spiro atoms. The molecule has 52 heavy (non-hydrogen) atoms. The van der Waals surface area contributed by atoms with Crippen molar-refractivity contribution >= 4 is 35.1 Å². The normalized spacial score (nSPS) is 24.6. The number of ketones is 2. The number of phenolic OH excluding ortho intramolecular Hbond substituents is 1. The molecule has 7 rings (SSSR count). The van der Waals surface area contributed by atoms with Crippen molar-refractivity contribution in [2.45, 2.75) is 30.0 Å². The average Bonchev–Trinajstić information content (AvgIpc) is 3.41. The Morgan fingerprint density at radius 1 is 0.865 bits per heavy atom. The van der Waals surface area contributed by atoms with E-state index in [0.717, 1.165) is 16.8 Å². The second kappa shape index (κ2) is 13.0. The van der Waals surface area contributed by atoms with Crippen LogP contribution >= 0.6 is 0 Å². The molecule has 0 bridgehead atoms. The molecule has 0 radical (unpaired) electrons. The van der Waals surface area contributed by atoms with Crippen molar-refractivity contribution in [2.75, 3.05) is 33.1 Å². The number of allylic oxidation sites excluding steroid dienone is 1. The van der Waals surface area contributed by atoms with E-state index < -0.39 is 69.6 Å². The summed E-state index contributed by atoms with van der Waals surface area (Å²) in [6, 6.07) is 20.0.